The zero-order chi connectivity index (χ0) is 17.8. The second kappa shape index (κ2) is 7.88. The van der Waals surface area contributed by atoms with Gasteiger partial charge < -0.3 is 14.5 Å². The van der Waals surface area contributed by atoms with Crippen LogP contribution < -0.4 is 4.90 Å². The standard InChI is InChI=1S/C17H23N5O2S/c1-13-4-6-14(7-5-13)22-16(21-8-10-24-11-9-21)18-19-17(22)25-12-15(23)20(2)3/h4-7H,8-12H2,1-3H3. The zero-order valence-corrected chi connectivity index (χ0v) is 15.6. The molecule has 2 heterocycles. The summed E-state index contributed by atoms with van der Waals surface area (Å²) in [5, 5.41) is 9.47. The van der Waals surface area contributed by atoms with Gasteiger partial charge in [0.2, 0.25) is 11.9 Å². The molecule has 25 heavy (non-hydrogen) atoms. The van der Waals surface area contributed by atoms with Gasteiger partial charge in [-0.05, 0) is 19.1 Å². The number of rotatable bonds is 5. The fourth-order valence-corrected chi connectivity index (χ4v) is 3.42. The average Bonchev–Trinajstić information content (AvgIpc) is 3.05. The Kier molecular flexibility index (Phi) is 5.60. The third-order valence-corrected chi connectivity index (χ3v) is 4.94. The summed E-state index contributed by atoms with van der Waals surface area (Å²) in [5.74, 6) is 1.18. The first-order valence-corrected chi connectivity index (χ1v) is 9.23. The SMILES string of the molecule is Cc1ccc(-n2c(SCC(=O)N(C)C)nnc2N2CCOCC2)cc1. The average molecular weight is 361 g/mol. The molecule has 1 amide bonds. The minimum atomic E-state index is 0.0522. The normalized spacial score (nSPS) is 14.6. The number of carbonyl (C=O) groups is 1. The molecule has 3 rings (SSSR count). The molecule has 8 heteroatoms. The highest BCUT2D eigenvalue weighted by molar-refractivity contribution is 7.99. The first-order valence-electron chi connectivity index (χ1n) is 8.24. The fourth-order valence-electron chi connectivity index (χ4n) is 2.50. The van der Waals surface area contributed by atoms with Gasteiger partial charge in [-0.1, -0.05) is 29.5 Å². The van der Waals surface area contributed by atoms with Crippen LogP contribution in [0.2, 0.25) is 0 Å². The van der Waals surface area contributed by atoms with E-state index in [2.05, 4.69) is 46.3 Å². The van der Waals surface area contributed by atoms with Gasteiger partial charge in [0, 0.05) is 27.2 Å². The third kappa shape index (κ3) is 4.13. The number of hydrogen-bond donors (Lipinski definition) is 0. The highest BCUT2D eigenvalue weighted by Gasteiger charge is 2.22. The summed E-state index contributed by atoms with van der Waals surface area (Å²) < 4.78 is 7.47. The van der Waals surface area contributed by atoms with E-state index in [-0.39, 0.29) is 5.91 Å². The molecule has 1 fully saturated rings. The molecule has 1 saturated heterocycles. The smallest absolute Gasteiger partial charge is 0.232 e. The van der Waals surface area contributed by atoms with Gasteiger partial charge in [-0.2, -0.15) is 0 Å². The Morgan fingerprint density at radius 1 is 1.20 bits per heavy atom. The van der Waals surface area contributed by atoms with E-state index in [1.807, 2.05) is 4.57 Å². The van der Waals surface area contributed by atoms with Gasteiger partial charge in [-0.15, -0.1) is 10.2 Å². The van der Waals surface area contributed by atoms with Gasteiger partial charge in [0.25, 0.3) is 0 Å². The minimum Gasteiger partial charge on any atom is -0.378 e. The van der Waals surface area contributed by atoms with Crippen LogP contribution in [0.4, 0.5) is 5.95 Å². The lowest BCUT2D eigenvalue weighted by atomic mass is 10.2. The number of anilines is 1. The highest BCUT2D eigenvalue weighted by Crippen LogP contribution is 2.27. The van der Waals surface area contributed by atoms with Gasteiger partial charge in [-0.25, -0.2) is 0 Å². The lowest BCUT2D eigenvalue weighted by Crippen LogP contribution is -2.37. The van der Waals surface area contributed by atoms with Gasteiger partial charge in [0.1, 0.15) is 0 Å². The third-order valence-electron chi connectivity index (χ3n) is 4.03. The zero-order valence-electron chi connectivity index (χ0n) is 14.8. The van der Waals surface area contributed by atoms with Crippen LogP contribution in [0, 0.1) is 6.92 Å². The van der Waals surface area contributed by atoms with E-state index in [1.54, 1.807) is 19.0 Å². The van der Waals surface area contributed by atoms with Crippen LogP contribution in [0.1, 0.15) is 5.56 Å². The van der Waals surface area contributed by atoms with Crippen LogP contribution in [0.15, 0.2) is 29.4 Å². The van der Waals surface area contributed by atoms with E-state index in [9.17, 15) is 4.79 Å². The number of benzene rings is 1. The lowest BCUT2D eigenvalue weighted by molar-refractivity contribution is -0.125. The molecule has 1 aromatic carbocycles. The predicted molar refractivity (Wildman–Crippen MR) is 98.5 cm³/mol. The molecule has 0 bridgehead atoms. The molecule has 0 saturated carbocycles. The van der Waals surface area contributed by atoms with E-state index < -0.39 is 0 Å². The van der Waals surface area contributed by atoms with E-state index in [4.69, 9.17) is 4.74 Å². The maximum atomic E-state index is 11.9. The second-order valence-electron chi connectivity index (χ2n) is 6.13. The van der Waals surface area contributed by atoms with Crippen molar-refractivity contribution in [2.24, 2.45) is 0 Å². The Labute approximate surface area is 152 Å². The summed E-state index contributed by atoms with van der Waals surface area (Å²) in [5.41, 5.74) is 2.19. The van der Waals surface area contributed by atoms with E-state index in [1.165, 1.54) is 17.3 Å². The Morgan fingerprint density at radius 2 is 1.88 bits per heavy atom. The van der Waals surface area contributed by atoms with E-state index in [0.717, 1.165) is 29.9 Å². The number of ether oxygens (including phenoxy) is 1. The number of hydrogen-bond acceptors (Lipinski definition) is 6. The van der Waals surface area contributed by atoms with Crippen LogP contribution in [0.3, 0.4) is 0 Å². The molecular weight excluding hydrogens is 338 g/mol. The topological polar surface area (TPSA) is 63.5 Å². The molecule has 134 valence electrons. The van der Waals surface area contributed by atoms with Crippen LogP contribution in [0.25, 0.3) is 5.69 Å². The van der Waals surface area contributed by atoms with Crippen LogP contribution in [0.5, 0.6) is 0 Å². The Hall–Kier alpha value is -2.06. The van der Waals surface area contributed by atoms with Crippen molar-refractivity contribution in [3.05, 3.63) is 29.8 Å². The highest BCUT2D eigenvalue weighted by atomic mass is 32.2. The molecule has 0 unspecified atom stereocenters. The Morgan fingerprint density at radius 3 is 2.52 bits per heavy atom. The molecule has 0 radical (unpaired) electrons. The van der Waals surface area contributed by atoms with Gasteiger partial charge in [0.05, 0.1) is 24.7 Å². The van der Waals surface area contributed by atoms with Gasteiger partial charge in [-0.3, -0.25) is 9.36 Å². The summed E-state index contributed by atoms with van der Waals surface area (Å²) in [4.78, 5) is 15.7. The van der Waals surface area contributed by atoms with Crippen molar-refractivity contribution in [1.82, 2.24) is 19.7 Å². The number of thioether (sulfide) groups is 1. The number of aryl methyl sites for hydroxylation is 1. The first kappa shape index (κ1) is 17.8. The second-order valence-corrected chi connectivity index (χ2v) is 7.07. The predicted octanol–water partition coefficient (Wildman–Crippen LogP) is 1.59. The van der Waals surface area contributed by atoms with Crippen LogP contribution in [-0.2, 0) is 9.53 Å². The molecule has 1 aliphatic rings. The summed E-state index contributed by atoms with van der Waals surface area (Å²) in [6.45, 7) is 4.99. The summed E-state index contributed by atoms with van der Waals surface area (Å²) in [6, 6.07) is 8.25. The van der Waals surface area contributed by atoms with Crippen LogP contribution in [-0.4, -0.2) is 71.7 Å². The molecule has 0 N–H and O–H groups in total. The van der Waals surface area contributed by atoms with Crippen molar-refractivity contribution < 1.29 is 9.53 Å². The lowest BCUT2D eigenvalue weighted by Gasteiger charge is -2.28. The fraction of sp³-hybridized carbons (Fsp3) is 0.471. The van der Waals surface area contributed by atoms with Gasteiger partial charge in [0.15, 0.2) is 5.16 Å². The minimum absolute atomic E-state index is 0.0522. The maximum absolute atomic E-state index is 11.9. The largest absolute Gasteiger partial charge is 0.378 e. The molecule has 1 aliphatic heterocycles. The van der Waals surface area contributed by atoms with Crippen molar-refractivity contribution in [2.45, 2.75) is 12.1 Å². The molecule has 0 aliphatic carbocycles. The molecule has 1 aromatic heterocycles. The van der Waals surface area contributed by atoms with Crippen molar-refractivity contribution in [3.63, 3.8) is 0 Å². The number of aromatic nitrogens is 3. The molecular formula is C17H23N5O2S. The van der Waals surface area contributed by atoms with Gasteiger partial charge >= 0.3 is 0 Å². The van der Waals surface area contributed by atoms with E-state index >= 15 is 0 Å². The van der Waals surface area contributed by atoms with Crippen molar-refractivity contribution >= 4 is 23.6 Å². The molecule has 7 nitrogen and oxygen atoms in total. The number of morpholine rings is 1. The van der Waals surface area contributed by atoms with Crippen molar-refractivity contribution in [2.75, 3.05) is 51.1 Å². The Balaban J connectivity index is 1.92. The van der Waals surface area contributed by atoms with E-state index in [0.29, 0.717) is 19.0 Å². The summed E-state index contributed by atoms with van der Waals surface area (Å²) in [7, 11) is 3.51. The Bertz CT molecular complexity index is 723. The van der Waals surface area contributed by atoms with Crippen LogP contribution >= 0.6 is 11.8 Å². The summed E-state index contributed by atoms with van der Waals surface area (Å²) >= 11 is 1.41. The maximum Gasteiger partial charge on any atom is 0.232 e. The van der Waals surface area contributed by atoms with Crippen molar-refractivity contribution in [3.8, 4) is 5.69 Å². The molecule has 2 aromatic rings. The summed E-state index contributed by atoms with van der Waals surface area (Å²) in [6.07, 6.45) is 0. The molecule has 0 atom stereocenters. The number of nitrogens with zero attached hydrogens (tertiary/aromatic N) is 5. The molecule has 0 spiro atoms. The van der Waals surface area contributed by atoms with Crippen molar-refractivity contribution in [1.29, 1.82) is 0 Å². The first-order chi connectivity index (χ1) is 12.1. The quantitative estimate of drug-likeness (QED) is 0.754. The number of carbonyl (C=O) groups excluding carboxylic acids is 1. The number of amides is 1. The monoisotopic (exact) mass is 361 g/mol.